The van der Waals surface area contributed by atoms with Crippen molar-refractivity contribution in [2.75, 3.05) is 7.11 Å². The first-order valence-corrected chi connectivity index (χ1v) is 8.30. The molecule has 1 atom stereocenters. The molecular formula is C19H24N2O4. The Morgan fingerprint density at radius 2 is 1.68 bits per heavy atom. The summed E-state index contributed by atoms with van der Waals surface area (Å²) in [4.78, 5) is 37.4. The number of benzene rings is 1. The number of aromatic nitrogens is 1. The lowest BCUT2D eigenvalue weighted by molar-refractivity contribution is -0.144. The Balaban J connectivity index is 2.56. The first kappa shape index (κ1) is 18.7. The standard InChI is InChI=1S/C19H24N2O4/c1-11(2)16(19(24)25-5)20-17(22)15-10-21(12(3)4)18(23)14-9-7-6-8-13(14)15/h6-12,16H,1-5H3,(H,20,22). The van der Waals surface area contributed by atoms with Gasteiger partial charge in [-0.05, 0) is 25.8 Å². The number of hydrogen-bond donors (Lipinski definition) is 1. The third kappa shape index (κ3) is 3.73. The van der Waals surface area contributed by atoms with Crippen molar-refractivity contribution in [2.45, 2.75) is 39.8 Å². The summed E-state index contributed by atoms with van der Waals surface area (Å²) in [6.07, 6.45) is 1.55. The summed E-state index contributed by atoms with van der Waals surface area (Å²) < 4.78 is 6.30. The summed E-state index contributed by atoms with van der Waals surface area (Å²) in [5, 5.41) is 3.77. The van der Waals surface area contributed by atoms with Crippen LogP contribution in [0.25, 0.3) is 10.8 Å². The molecule has 134 valence electrons. The monoisotopic (exact) mass is 344 g/mol. The number of ether oxygens (including phenoxy) is 1. The fraction of sp³-hybridized carbons (Fsp3) is 0.421. The highest BCUT2D eigenvalue weighted by molar-refractivity contribution is 6.07. The smallest absolute Gasteiger partial charge is 0.328 e. The zero-order chi connectivity index (χ0) is 18.7. The van der Waals surface area contributed by atoms with Gasteiger partial charge in [0, 0.05) is 23.0 Å². The van der Waals surface area contributed by atoms with Gasteiger partial charge in [-0.25, -0.2) is 4.79 Å². The molecule has 0 aliphatic carbocycles. The second-order valence-electron chi connectivity index (χ2n) is 6.61. The molecule has 1 N–H and O–H groups in total. The highest BCUT2D eigenvalue weighted by atomic mass is 16.5. The Labute approximate surface area is 146 Å². The van der Waals surface area contributed by atoms with E-state index in [0.29, 0.717) is 16.3 Å². The van der Waals surface area contributed by atoms with Gasteiger partial charge in [-0.1, -0.05) is 32.0 Å². The van der Waals surface area contributed by atoms with Crippen LogP contribution >= 0.6 is 0 Å². The lowest BCUT2D eigenvalue weighted by atomic mass is 10.0. The van der Waals surface area contributed by atoms with Gasteiger partial charge in [0.2, 0.25) is 0 Å². The summed E-state index contributed by atoms with van der Waals surface area (Å²) in [6, 6.07) is 6.13. The molecule has 0 fully saturated rings. The van der Waals surface area contributed by atoms with Crippen molar-refractivity contribution in [1.82, 2.24) is 9.88 Å². The number of methoxy groups -OCH3 is 1. The van der Waals surface area contributed by atoms with Gasteiger partial charge in [0.1, 0.15) is 6.04 Å². The number of rotatable bonds is 5. The van der Waals surface area contributed by atoms with Gasteiger partial charge in [-0.2, -0.15) is 0 Å². The summed E-state index contributed by atoms with van der Waals surface area (Å²) >= 11 is 0. The van der Waals surface area contributed by atoms with Crippen LogP contribution in [0.2, 0.25) is 0 Å². The molecule has 0 saturated carbocycles. The van der Waals surface area contributed by atoms with E-state index in [4.69, 9.17) is 4.74 Å². The molecule has 0 radical (unpaired) electrons. The van der Waals surface area contributed by atoms with E-state index in [1.54, 1.807) is 30.5 Å². The fourth-order valence-electron chi connectivity index (χ4n) is 2.72. The van der Waals surface area contributed by atoms with E-state index in [1.165, 1.54) is 11.7 Å². The number of fused-ring (bicyclic) bond motifs is 1. The number of carbonyl (C=O) groups excluding carboxylic acids is 2. The molecule has 0 bridgehead atoms. The van der Waals surface area contributed by atoms with Gasteiger partial charge in [-0.15, -0.1) is 0 Å². The van der Waals surface area contributed by atoms with Crippen molar-refractivity contribution >= 4 is 22.6 Å². The highest BCUT2D eigenvalue weighted by Gasteiger charge is 2.26. The van der Waals surface area contributed by atoms with Gasteiger partial charge in [0.25, 0.3) is 11.5 Å². The summed E-state index contributed by atoms with van der Waals surface area (Å²) in [5.41, 5.74) is 0.217. The van der Waals surface area contributed by atoms with Crippen LogP contribution < -0.4 is 10.9 Å². The molecule has 25 heavy (non-hydrogen) atoms. The molecule has 0 aliphatic heterocycles. The molecular weight excluding hydrogens is 320 g/mol. The zero-order valence-corrected chi connectivity index (χ0v) is 15.2. The number of hydrogen-bond acceptors (Lipinski definition) is 4. The van der Waals surface area contributed by atoms with Crippen LogP contribution in [-0.4, -0.2) is 29.6 Å². The summed E-state index contributed by atoms with van der Waals surface area (Å²) in [7, 11) is 1.29. The maximum atomic E-state index is 12.8. The molecule has 1 aromatic carbocycles. The van der Waals surface area contributed by atoms with E-state index >= 15 is 0 Å². The number of nitrogens with one attached hydrogen (secondary N) is 1. The molecule has 1 unspecified atom stereocenters. The Hall–Kier alpha value is -2.63. The molecule has 1 amide bonds. The van der Waals surface area contributed by atoms with Crippen molar-refractivity contribution < 1.29 is 14.3 Å². The predicted octanol–water partition coefficient (Wildman–Crippen LogP) is 2.51. The minimum absolute atomic E-state index is 0.0924. The predicted molar refractivity (Wildman–Crippen MR) is 96.7 cm³/mol. The summed E-state index contributed by atoms with van der Waals surface area (Å²) in [6.45, 7) is 7.41. The third-order valence-corrected chi connectivity index (χ3v) is 4.16. The quantitative estimate of drug-likeness (QED) is 0.846. The third-order valence-electron chi connectivity index (χ3n) is 4.16. The average molecular weight is 344 g/mol. The molecule has 1 aromatic heterocycles. The number of pyridine rings is 1. The van der Waals surface area contributed by atoms with Gasteiger partial charge >= 0.3 is 5.97 Å². The van der Waals surface area contributed by atoms with E-state index in [1.807, 2.05) is 27.7 Å². The van der Waals surface area contributed by atoms with E-state index in [-0.39, 0.29) is 17.5 Å². The highest BCUT2D eigenvalue weighted by Crippen LogP contribution is 2.18. The second-order valence-corrected chi connectivity index (χ2v) is 6.61. The molecule has 0 spiro atoms. The van der Waals surface area contributed by atoms with Crippen LogP contribution in [0.4, 0.5) is 0 Å². The number of carbonyl (C=O) groups is 2. The van der Waals surface area contributed by atoms with Gasteiger partial charge in [0.15, 0.2) is 0 Å². The Morgan fingerprint density at radius 1 is 1.08 bits per heavy atom. The van der Waals surface area contributed by atoms with Crippen LogP contribution in [0.5, 0.6) is 0 Å². The van der Waals surface area contributed by atoms with Gasteiger partial charge in [0.05, 0.1) is 12.7 Å². The summed E-state index contributed by atoms with van der Waals surface area (Å²) in [5.74, 6) is -1.03. The maximum absolute atomic E-state index is 12.8. The lowest BCUT2D eigenvalue weighted by Gasteiger charge is -2.21. The van der Waals surface area contributed by atoms with E-state index in [0.717, 1.165) is 0 Å². The minimum Gasteiger partial charge on any atom is -0.467 e. The van der Waals surface area contributed by atoms with Crippen molar-refractivity contribution in [3.05, 3.63) is 46.4 Å². The SMILES string of the molecule is COC(=O)C(NC(=O)c1cn(C(C)C)c(=O)c2ccccc12)C(C)C. The molecule has 2 aromatic rings. The van der Waals surface area contributed by atoms with Crippen molar-refractivity contribution in [3.63, 3.8) is 0 Å². The lowest BCUT2D eigenvalue weighted by Crippen LogP contribution is -2.45. The zero-order valence-electron chi connectivity index (χ0n) is 15.2. The Morgan fingerprint density at radius 3 is 2.20 bits per heavy atom. The average Bonchev–Trinajstić information content (AvgIpc) is 2.58. The molecule has 6 heteroatoms. The topological polar surface area (TPSA) is 77.4 Å². The first-order valence-electron chi connectivity index (χ1n) is 8.30. The first-order chi connectivity index (χ1) is 11.8. The number of amides is 1. The molecule has 6 nitrogen and oxygen atoms in total. The van der Waals surface area contributed by atoms with Crippen LogP contribution in [0.1, 0.15) is 44.1 Å². The van der Waals surface area contributed by atoms with Gasteiger partial charge in [-0.3, -0.25) is 9.59 Å². The molecule has 1 heterocycles. The normalized spacial score (nSPS) is 12.4. The largest absolute Gasteiger partial charge is 0.467 e. The molecule has 0 aliphatic rings. The molecule has 0 saturated heterocycles. The molecule has 2 rings (SSSR count). The van der Waals surface area contributed by atoms with Crippen LogP contribution in [-0.2, 0) is 9.53 Å². The van der Waals surface area contributed by atoms with E-state index in [2.05, 4.69) is 5.32 Å². The van der Waals surface area contributed by atoms with Crippen LogP contribution in [0.15, 0.2) is 35.3 Å². The minimum atomic E-state index is -0.754. The van der Waals surface area contributed by atoms with Crippen molar-refractivity contribution in [3.8, 4) is 0 Å². The van der Waals surface area contributed by atoms with Crippen molar-refractivity contribution in [2.24, 2.45) is 5.92 Å². The fourth-order valence-corrected chi connectivity index (χ4v) is 2.72. The van der Waals surface area contributed by atoms with Gasteiger partial charge < -0.3 is 14.6 Å². The van der Waals surface area contributed by atoms with E-state index in [9.17, 15) is 14.4 Å². The maximum Gasteiger partial charge on any atom is 0.328 e. The Kier molecular flexibility index (Phi) is 5.62. The van der Waals surface area contributed by atoms with E-state index < -0.39 is 17.9 Å². The van der Waals surface area contributed by atoms with Crippen LogP contribution in [0, 0.1) is 5.92 Å². The number of esters is 1. The number of nitrogens with zero attached hydrogens (tertiary/aromatic N) is 1. The van der Waals surface area contributed by atoms with Crippen LogP contribution in [0.3, 0.4) is 0 Å². The Bertz CT molecular complexity index is 852. The van der Waals surface area contributed by atoms with Crippen molar-refractivity contribution in [1.29, 1.82) is 0 Å². The second kappa shape index (κ2) is 7.51.